The Balaban J connectivity index is 1.56. The van der Waals surface area contributed by atoms with E-state index in [2.05, 4.69) is 19.1 Å². The molecule has 0 radical (unpaired) electrons. The van der Waals surface area contributed by atoms with Gasteiger partial charge >= 0.3 is 0 Å². The van der Waals surface area contributed by atoms with E-state index in [1.807, 2.05) is 78.5 Å². The van der Waals surface area contributed by atoms with Crippen LogP contribution in [0.15, 0.2) is 79.0 Å². The monoisotopic (exact) mass is 437 g/mol. The van der Waals surface area contributed by atoms with Gasteiger partial charge in [-0.15, -0.1) is 0 Å². The maximum Gasteiger partial charge on any atom is 0.297 e. The summed E-state index contributed by atoms with van der Waals surface area (Å²) < 4.78 is 13.7. The second-order valence-corrected chi connectivity index (χ2v) is 8.48. The molecule has 0 bridgehead atoms. The lowest BCUT2D eigenvalue weighted by Gasteiger charge is -2.22. The molecule has 6 heteroatoms. The zero-order chi connectivity index (χ0) is 22.6. The predicted molar refractivity (Wildman–Crippen MR) is 126 cm³/mol. The van der Waals surface area contributed by atoms with Crippen LogP contribution in [-0.2, 0) is 20.1 Å². The van der Waals surface area contributed by atoms with Crippen molar-refractivity contribution in [1.29, 1.82) is 0 Å². The summed E-state index contributed by atoms with van der Waals surface area (Å²) in [6, 6.07) is 24.0. The number of amides is 1. The maximum atomic E-state index is 13.9. The molecule has 6 nitrogen and oxygen atoms in total. The molecule has 2 aliphatic heterocycles. The number of nitrogens with zero attached hydrogens (tertiary/aromatic N) is 3. The Labute approximate surface area is 192 Å². The summed E-state index contributed by atoms with van der Waals surface area (Å²) >= 11 is 0. The highest BCUT2D eigenvalue weighted by atomic mass is 16.7. The number of carbonyl (C=O) groups excluding carboxylic acids is 1. The molecule has 0 N–H and O–H groups in total. The summed E-state index contributed by atoms with van der Waals surface area (Å²) in [7, 11) is 0. The minimum absolute atomic E-state index is 0.252. The molecule has 1 saturated heterocycles. The van der Waals surface area contributed by atoms with Crippen molar-refractivity contribution in [3.05, 3.63) is 95.7 Å². The number of para-hydroxylation sites is 1. The Morgan fingerprint density at radius 2 is 1.45 bits per heavy atom. The average Bonchev–Trinajstić information content (AvgIpc) is 3.54. The number of aryl methyl sites for hydroxylation is 2. The van der Waals surface area contributed by atoms with Crippen LogP contribution in [0.3, 0.4) is 0 Å². The Morgan fingerprint density at radius 3 is 2.15 bits per heavy atom. The number of aromatic nitrogens is 2. The number of benzene rings is 3. The van der Waals surface area contributed by atoms with E-state index in [4.69, 9.17) is 14.6 Å². The van der Waals surface area contributed by atoms with Crippen molar-refractivity contribution in [2.24, 2.45) is 0 Å². The second-order valence-electron chi connectivity index (χ2n) is 8.48. The van der Waals surface area contributed by atoms with E-state index < -0.39 is 5.79 Å². The molecule has 1 aromatic heterocycles. The van der Waals surface area contributed by atoms with Gasteiger partial charge < -0.3 is 9.47 Å². The van der Waals surface area contributed by atoms with Gasteiger partial charge in [0.2, 0.25) is 0 Å². The largest absolute Gasteiger partial charge is 0.336 e. The Morgan fingerprint density at radius 1 is 0.818 bits per heavy atom. The first-order valence-corrected chi connectivity index (χ1v) is 11.0. The topological polar surface area (TPSA) is 56.6 Å². The van der Waals surface area contributed by atoms with Crippen LogP contribution >= 0.6 is 0 Å². The summed E-state index contributed by atoms with van der Waals surface area (Å²) in [5, 5.41) is 4.92. The minimum atomic E-state index is -1.40. The third kappa shape index (κ3) is 3.03. The zero-order valence-corrected chi connectivity index (χ0v) is 18.5. The van der Waals surface area contributed by atoms with Crippen molar-refractivity contribution in [2.75, 3.05) is 18.1 Å². The van der Waals surface area contributed by atoms with Crippen molar-refractivity contribution >= 4 is 17.3 Å². The van der Waals surface area contributed by atoms with Crippen molar-refractivity contribution < 1.29 is 14.3 Å². The van der Waals surface area contributed by atoms with E-state index in [-0.39, 0.29) is 5.91 Å². The fourth-order valence-corrected chi connectivity index (χ4v) is 4.52. The van der Waals surface area contributed by atoms with E-state index in [1.54, 1.807) is 4.90 Å². The number of hydrogen-bond acceptors (Lipinski definition) is 4. The molecule has 2 aliphatic rings. The van der Waals surface area contributed by atoms with Crippen LogP contribution in [-0.4, -0.2) is 28.9 Å². The fraction of sp³-hybridized carbons (Fsp3) is 0.185. The van der Waals surface area contributed by atoms with Crippen LogP contribution in [0.25, 0.3) is 16.9 Å². The van der Waals surface area contributed by atoms with Gasteiger partial charge in [0.1, 0.15) is 5.69 Å². The van der Waals surface area contributed by atoms with Crippen LogP contribution < -0.4 is 4.90 Å². The molecule has 1 fully saturated rings. The highest BCUT2D eigenvalue weighted by Crippen LogP contribution is 2.50. The molecule has 0 unspecified atom stereocenters. The smallest absolute Gasteiger partial charge is 0.297 e. The number of hydrogen-bond donors (Lipinski definition) is 0. The third-order valence-electron chi connectivity index (χ3n) is 6.24. The predicted octanol–water partition coefficient (Wildman–Crippen LogP) is 5.03. The van der Waals surface area contributed by atoms with E-state index in [0.29, 0.717) is 24.6 Å². The molecule has 3 heterocycles. The number of fused-ring (bicyclic) bond motifs is 2. The van der Waals surface area contributed by atoms with Crippen molar-refractivity contribution in [3.8, 4) is 16.9 Å². The number of carbonyl (C=O) groups is 1. The molecule has 0 atom stereocenters. The normalized spacial score (nSPS) is 16.5. The summed E-state index contributed by atoms with van der Waals surface area (Å²) in [5.41, 5.74) is 7.07. The SMILES string of the molecule is Cc1ccc(-c2nn(-c3ccc(C)cc3)cc2N2C(=O)C3(OCCO3)c3ccccc32)cc1. The van der Waals surface area contributed by atoms with E-state index in [0.717, 1.165) is 28.1 Å². The lowest BCUT2D eigenvalue weighted by atomic mass is 10.1. The van der Waals surface area contributed by atoms with Crippen LogP contribution in [0.5, 0.6) is 0 Å². The van der Waals surface area contributed by atoms with Gasteiger partial charge in [-0.25, -0.2) is 4.68 Å². The van der Waals surface area contributed by atoms with Crippen molar-refractivity contribution in [3.63, 3.8) is 0 Å². The summed E-state index contributed by atoms with van der Waals surface area (Å²) in [4.78, 5) is 15.5. The highest BCUT2D eigenvalue weighted by molar-refractivity contribution is 6.13. The maximum absolute atomic E-state index is 13.9. The average molecular weight is 437 g/mol. The standard InChI is InChI=1S/C27H23N3O3/c1-18-7-11-20(12-8-18)25-24(17-29(28-25)21-13-9-19(2)10-14-21)30-23-6-4-3-5-22(23)27(26(30)31)32-15-16-33-27/h3-14,17H,15-16H2,1-2H3. The molecule has 6 rings (SSSR count). The summed E-state index contributed by atoms with van der Waals surface area (Å²) in [6.45, 7) is 4.86. The van der Waals surface area contributed by atoms with Gasteiger partial charge in [0.15, 0.2) is 0 Å². The molecule has 1 spiro atoms. The molecule has 0 aliphatic carbocycles. The molecule has 4 aromatic rings. The molecule has 0 saturated carbocycles. The quantitative estimate of drug-likeness (QED) is 0.451. The van der Waals surface area contributed by atoms with E-state index in [1.165, 1.54) is 5.56 Å². The highest BCUT2D eigenvalue weighted by Gasteiger charge is 2.57. The summed E-state index contributed by atoms with van der Waals surface area (Å²) in [5.74, 6) is -1.65. The first-order chi connectivity index (χ1) is 16.1. The Hall–Kier alpha value is -3.74. The third-order valence-corrected chi connectivity index (χ3v) is 6.24. The van der Waals surface area contributed by atoms with Crippen LogP contribution in [0.2, 0.25) is 0 Å². The van der Waals surface area contributed by atoms with Gasteiger partial charge in [-0.2, -0.15) is 5.10 Å². The van der Waals surface area contributed by atoms with Gasteiger partial charge in [-0.05, 0) is 32.0 Å². The first kappa shape index (κ1) is 19.9. The Bertz CT molecular complexity index is 1350. The van der Waals surface area contributed by atoms with Gasteiger partial charge in [0.05, 0.1) is 36.5 Å². The van der Waals surface area contributed by atoms with Gasteiger partial charge in [-0.1, -0.05) is 65.7 Å². The molecule has 1 amide bonds. The van der Waals surface area contributed by atoms with Crippen molar-refractivity contribution in [2.45, 2.75) is 19.6 Å². The zero-order valence-electron chi connectivity index (χ0n) is 18.5. The molecular weight excluding hydrogens is 414 g/mol. The number of anilines is 2. The van der Waals surface area contributed by atoms with Gasteiger partial charge in [0.25, 0.3) is 11.7 Å². The summed E-state index contributed by atoms with van der Waals surface area (Å²) in [6.07, 6.45) is 1.91. The molecular formula is C27H23N3O3. The van der Waals surface area contributed by atoms with E-state index >= 15 is 0 Å². The van der Waals surface area contributed by atoms with E-state index in [9.17, 15) is 4.79 Å². The first-order valence-electron chi connectivity index (χ1n) is 11.0. The molecule has 33 heavy (non-hydrogen) atoms. The lowest BCUT2D eigenvalue weighted by molar-refractivity contribution is -0.180. The number of ether oxygens (including phenoxy) is 2. The minimum Gasteiger partial charge on any atom is -0.336 e. The molecule has 164 valence electrons. The number of rotatable bonds is 3. The van der Waals surface area contributed by atoms with Crippen LogP contribution in [0.4, 0.5) is 11.4 Å². The van der Waals surface area contributed by atoms with Crippen molar-refractivity contribution in [1.82, 2.24) is 9.78 Å². The fourth-order valence-electron chi connectivity index (χ4n) is 4.52. The lowest BCUT2D eigenvalue weighted by Crippen LogP contribution is -2.39. The van der Waals surface area contributed by atoms with Crippen LogP contribution in [0, 0.1) is 13.8 Å². The Kier molecular flexibility index (Phi) is 4.47. The molecule has 3 aromatic carbocycles. The van der Waals surface area contributed by atoms with Gasteiger partial charge in [-0.3, -0.25) is 9.69 Å². The van der Waals surface area contributed by atoms with Gasteiger partial charge in [0, 0.05) is 11.1 Å². The van der Waals surface area contributed by atoms with Crippen LogP contribution in [0.1, 0.15) is 16.7 Å². The second kappa shape index (κ2) is 7.40.